The zero-order chi connectivity index (χ0) is 17.1. The minimum atomic E-state index is -0.541. The van der Waals surface area contributed by atoms with Crippen molar-refractivity contribution in [3.8, 4) is 6.07 Å². The molecule has 0 radical (unpaired) electrons. The summed E-state index contributed by atoms with van der Waals surface area (Å²) in [6.45, 7) is 2.20. The molecule has 1 N–H and O–H groups in total. The third-order valence-corrected chi connectivity index (χ3v) is 4.10. The molecule has 4 nitrogen and oxygen atoms in total. The first-order valence-electron chi connectivity index (χ1n) is 7.90. The van der Waals surface area contributed by atoms with Crippen LogP contribution in [0.2, 0.25) is 0 Å². The lowest BCUT2D eigenvalue weighted by atomic mass is 10.1. The average Bonchev–Trinajstić information content (AvgIpc) is 3.39. The molecule has 0 spiro atoms. The maximum atomic E-state index is 13.6. The maximum Gasteiger partial charge on any atom is 0.219 e. The lowest BCUT2D eigenvalue weighted by Gasteiger charge is -2.20. The first kappa shape index (κ1) is 16.0. The van der Waals surface area contributed by atoms with Gasteiger partial charge >= 0.3 is 0 Å². The number of benzene rings is 2. The number of carbonyl (C=O) groups excluding carboxylic acids is 1. The molecule has 1 saturated carbocycles. The molecule has 24 heavy (non-hydrogen) atoms. The van der Waals surface area contributed by atoms with E-state index in [9.17, 15) is 9.18 Å². The molecule has 1 amide bonds. The van der Waals surface area contributed by atoms with Crippen LogP contribution in [0.15, 0.2) is 42.5 Å². The molecule has 0 saturated heterocycles. The van der Waals surface area contributed by atoms with Gasteiger partial charge in [0.1, 0.15) is 17.4 Å². The van der Waals surface area contributed by atoms with Gasteiger partial charge in [0.05, 0.1) is 5.69 Å². The van der Waals surface area contributed by atoms with Crippen LogP contribution < -0.4 is 5.32 Å². The molecule has 1 aliphatic rings. The second-order valence-corrected chi connectivity index (χ2v) is 5.97. The molecule has 2 aromatic carbocycles. The van der Waals surface area contributed by atoms with Gasteiger partial charge in [0, 0.05) is 25.2 Å². The summed E-state index contributed by atoms with van der Waals surface area (Å²) >= 11 is 0. The average molecular weight is 323 g/mol. The van der Waals surface area contributed by atoms with Gasteiger partial charge in [-0.15, -0.1) is 0 Å². The van der Waals surface area contributed by atoms with E-state index in [1.54, 1.807) is 19.1 Å². The summed E-state index contributed by atoms with van der Waals surface area (Å²) in [4.78, 5) is 13.6. The van der Waals surface area contributed by atoms with Crippen LogP contribution in [0.3, 0.4) is 0 Å². The molecule has 0 heterocycles. The van der Waals surface area contributed by atoms with Crippen LogP contribution >= 0.6 is 0 Å². The predicted octanol–water partition coefficient (Wildman–Crippen LogP) is 3.95. The lowest BCUT2D eigenvalue weighted by molar-refractivity contribution is -0.130. The Morgan fingerprint density at radius 3 is 2.58 bits per heavy atom. The summed E-state index contributed by atoms with van der Waals surface area (Å²) in [5.74, 6) is -0.446. The molecule has 5 heteroatoms. The normalized spacial score (nSPS) is 13.2. The van der Waals surface area contributed by atoms with Gasteiger partial charge in [0.2, 0.25) is 5.91 Å². The number of amides is 1. The fraction of sp³-hybridized carbons (Fsp3) is 0.263. The standard InChI is InChI=1S/C19H18FN3O/c1-13(24)23(16-9-10-16)12-14-5-7-15(8-6-14)22-19-4-2-3-18(20)17(19)11-21/h2-8,16,22H,9-10,12H2,1H3. The summed E-state index contributed by atoms with van der Waals surface area (Å²) in [7, 11) is 0. The van der Waals surface area contributed by atoms with Crippen molar-refractivity contribution in [1.29, 1.82) is 5.26 Å². The van der Waals surface area contributed by atoms with Crippen molar-refractivity contribution < 1.29 is 9.18 Å². The summed E-state index contributed by atoms with van der Waals surface area (Å²) in [6, 6.07) is 14.4. The van der Waals surface area contributed by atoms with Crippen LogP contribution in [0.1, 0.15) is 30.9 Å². The topological polar surface area (TPSA) is 56.1 Å². The van der Waals surface area contributed by atoms with E-state index in [1.165, 1.54) is 6.07 Å². The van der Waals surface area contributed by atoms with Gasteiger partial charge in [-0.3, -0.25) is 4.79 Å². The number of nitrogens with zero attached hydrogens (tertiary/aromatic N) is 2. The van der Waals surface area contributed by atoms with Gasteiger partial charge in [0.25, 0.3) is 0 Å². The third kappa shape index (κ3) is 3.54. The SMILES string of the molecule is CC(=O)N(Cc1ccc(Nc2cccc(F)c2C#N)cc1)C1CC1. The fourth-order valence-corrected chi connectivity index (χ4v) is 2.67. The summed E-state index contributed by atoms with van der Waals surface area (Å²) in [5, 5.41) is 12.1. The Labute approximate surface area is 140 Å². The quantitative estimate of drug-likeness (QED) is 0.906. The van der Waals surface area contributed by atoms with Crippen molar-refractivity contribution in [3.63, 3.8) is 0 Å². The van der Waals surface area contributed by atoms with Gasteiger partial charge in [-0.2, -0.15) is 5.26 Å². The Morgan fingerprint density at radius 1 is 1.29 bits per heavy atom. The Bertz CT molecular complexity index is 791. The maximum absolute atomic E-state index is 13.6. The largest absolute Gasteiger partial charge is 0.354 e. The number of halogens is 1. The van der Waals surface area contributed by atoms with Gasteiger partial charge < -0.3 is 10.2 Å². The number of nitriles is 1. The summed E-state index contributed by atoms with van der Waals surface area (Å²) in [5.41, 5.74) is 2.25. The molecule has 122 valence electrons. The molecule has 0 aliphatic heterocycles. The highest BCUT2D eigenvalue weighted by molar-refractivity contribution is 5.74. The minimum absolute atomic E-state index is 0.00179. The Morgan fingerprint density at radius 2 is 2.00 bits per heavy atom. The van der Waals surface area contributed by atoms with Crippen LogP contribution in [0, 0.1) is 17.1 Å². The van der Waals surface area contributed by atoms with Gasteiger partial charge in [0.15, 0.2) is 0 Å². The van der Waals surface area contributed by atoms with E-state index in [1.807, 2.05) is 35.2 Å². The molecule has 0 aromatic heterocycles. The van der Waals surface area contributed by atoms with E-state index >= 15 is 0 Å². The Kier molecular flexibility index (Phi) is 4.48. The summed E-state index contributed by atoms with van der Waals surface area (Å²) in [6.07, 6.45) is 2.16. The van der Waals surface area contributed by atoms with E-state index in [0.29, 0.717) is 18.3 Å². The number of rotatable bonds is 5. The van der Waals surface area contributed by atoms with Crippen LogP contribution in [0.5, 0.6) is 0 Å². The van der Waals surface area contributed by atoms with Crippen LogP contribution in [0.4, 0.5) is 15.8 Å². The number of nitrogens with one attached hydrogen (secondary N) is 1. The van der Waals surface area contributed by atoms with E-state index in [-0.39, 0.29) is 11.5 Å². The molecule has 1 aliphatic carbocycles. The van der Waals surface area contributed by atoms with E-state index in [4.69, 9.17) is 5.26 Å². The molecule has 0 unspecified atom stereocenters. The number of carbonyl (C=O) groups is 1. The first-order chi connectivity index (χ1) is 11.6. The summed E-state index contributed by atoms with van der Waals surface area (Å²) < 4.78 is 13.6. The van der Waals surface area contributed by atoms with Crippen molar-refractivity contribution >= 4 is 17.3 Å². The van der Waals surface area contributed by atoms with Crippen molar-refractivity contribution in [2.24, 2.45) is 0 Å². The zero-order valence-electron chi connectivity index (χ0n) is 13.4. The van der Waals surface area contributed by atoms with E-state index in [0.717, 1.165) is 24.1 Å². The zero-order valence-corrected chi connectivity index (χ0v) is 13.4. The highest BCUT2D eigenvalue weighted by atomic mass is 19.1. The fourth-order valence-electron chi connectivity index (χ4n) is 2.67. The van der Waals surface area contributed by atoms with Crippen molar-refractivity contribution in [1.82, 2.24) is 4.90 Å². The van der Waals surface area contributed by atoms with Crippen LogP contribution in [0.25, 0.3) is 0 Å². The molecule has 1 fully saturated rings. The highest BCUT2D eigenvalue weighted by Crippen LogP contribution is 2.29. The van der Waals surface area contributed by atoms with Crippen molar-refractivity contribution in [3.05, 3.63) is 59.4 Å². The minimum Gasteiger partial charge on any atom is -0.354 e. The highest BCUT2D eigenvalue weighted by Gasteiger charge is 2.30. The molecular formula is C19H18FN3O. The van der Waals surface area contributed by atoms with E-state index < -0.39 is 5.82 Å². The molecule has 3 rings (SSSR count). The molecule has 0 atom stereocenters. The Hall–Kier alpha value is -2.87. The Balaban J connectivity index is 1.72. The van der Waals surface area contributed by atoms with E-state index in [2.05, 4.69) is 5.32 Å². The molecule has 0 bridgehead atoms. The van der Waals surface area contributed by atoms with Crippen molar-refractivity contribution in [2.45, 2.75) is 32.4 Å². The first-order valence-corrected chi connectivity index (χ1v) is 7.90. The predicted molar refractivity (Wildman–Crippen MR) is 90.1 cm³/mol. The second-order valence-electron chi connectivity index (χ2n) is 5.97. The smallest absolute Gasteiger partial charge is 0.219 e. The lowest BCUT2D eigenvalue weighted by Crippen LogP contribution is -2.30. The third-order valence-electron chi connectivity index (χ3n) is 4.10. The van der Waals surface area contributed by atoms with Crippen LogP contribution in [-0.4, -0.2) is 16.8 Å². The molecular weight excluding hydrogens is 305 g/mol. The monoisotopic (exact) mass is 323 g/mol. The second kappa shape index (κ2) is 6.71. The van der Waals surface area contributed by atoms with Crippen molar-refractivity contribution in [2.75, 3.05) is 5.32 Å². The van der Waals surface area contributed by atoms with Crippen LogP contribution in [-0.2, 0) is 11.3 Å². The van der Waals surface area contributed by atoms with Gasteiger partial charge in [-0.25, -0.2) is 4.39 Å². The molecule has 2 aromatic rings. The van der Waals surface area contributed by atoms with Gasteiger partial charge in [-0.05, 0) is 42.7 Å². The number of hydrogen-bond acceptors (Lipinski definition) is 3. The van der Waals surface area contributed by atoms with Gasteiger partial charge in [-0.1, -0.05) is 18.2 Å². The number of anilines is 2. The number of hydrogen-bond donors (Lipinski definition) is 1.